The van der Waals surface area contributed by atoms with Crippen LogP contribution in [-0.2, 0) is 6.42 Å². The maximum Gasteiger partial charge on any atom is 0.0503 e. The van der Waals surface area contributed by atoms with Gasteiger partial charge in [0, 0.05) is 5.92 Å². The van der Waals surface area contributed by atoms with Gasteiger partial charge in [0.05, 0.1) is 6.61 Å². The molecule has 0 heterocycles. The van der Waals surface area contributed by atoms with Gasteiger partial charge in [-0.25, -0.2) is 0 Å². The Morgan fingerprint density at radius 3 is 1.55 bits per heavy atom. The fourth-order valence-corrected chi connectivity index (χ4v) is 3.87. The van der Waals surface area contributed by atoms with Crippen LogP contribution in [0.4, 0.5) is 0 Å². The van der Waals surface area contributed by atoms with Gasteiger partial charge in [-0.15, -0.1) is 0 Å². The van der Waals surface area contributed by atoms with Crippen LogP contribution >= 0.6 is 0 Å². The van der Waals surface area contributed by atoms with Crippen molar-refractivity contribution in [2.75, 3.05) is 6.61 Å². The zero-order valence-corrected chi connectivity index (χ0v) is 14.7. The Morgan fingerprint density at radius 1 is 0.727 bits per heavy atom. The molecule has 2 rings (SSSR count). The predicted octanol–water partition coefficient (Wildman–Crippen LogP) is 4.86. The first-order valence-electron chi connectivity index (χ1n) is 8.08. The smallest absolute Gasteiger partial charge is 0.0503 e. The molecule has 2 aromatic rings. The Balaban J connectivity index is 2.43. The second-order valence-corrected chi connectivity index (χ2v) is 6.77. The zero-order chi connectivity index (χ0) is 16.4. The van der Waals surface area contributed by atoms with Crippen LogP contribution in [0.15, 0.2) is 24.3 Å². The van der Waals surface area contributed by atoms with Crippen LogP contribution in [0.3, 0.4) is 0 Å². The summed E-state index contributed by atoms with van der Waals surface area (Å²) in [6, 6.07) is 8.93. The van der Waals surface area contributed by atoms with E-state index in [1.165, 1.54) is 44.5 Å². The minimum Gasteiger partial charge on any atom is -0.396 e. The van der Waals surface area contributed by atoms with Crippen molar-refractivity contribution < 1.29 is 5.11 Å². The second-order valence-electron chi connectivity index (χ2n) is 6.77. The minimum absolute atomic E-state index is 0.167. The maximum absolute atomic E-state index is 10.00. The lowest BCUT2D eigenvalue weighted by molar-refractivity contribution is 0.263. The van der Waals surface area contributed by atoms with Gasteiger partial charge < -0.3 is 5.11 Å². The van der Waals surface area contributed by atoms with Crippen LogP contribution in [-0.4, -0.2) is 11.7 Å². The van der Waals surface area contributed by atoms with Gasteiger partial charge in [0.25, 0.3) is 0 Å². The van der Waals surface area contributed by atoms with Crippen LogP contribution < -0.4 is 0 Å². The molecule has 0 fully saturated rings. The third-order valence-corrected chi connectivity index (χ3v) is 4.66. The van der Waals surface area contributed by atoms with Gasteiger partial charge in [0.15, 0.2) is 0 Å². The molecule has 1 heteroatoms. The number of hydrogen-bond donors (Lipinski definition) is 1. The maximum atomic E-state index is 10.00. The normalized spacial score (nSPS) is 12.5. The van der Waals surface area contributed by atoms with Crippen molar-refractivity contribution >= 4 is 0 Å². The molecule has 0 amide bonds. The van der Waals surface area contributed by atoms with Gasteiger partial charge in [0.1, 0.15) is 0 Å². The van der Waals surface area contributed by atoms with Gasteiger partial charge >= 0.3 is 0 Å². The topological polar surface area (TPSA) is 20.2 Å². The first-order valence-corrected chi connectivity index (χ1v) is 8.08. The third-order valence-electron chi connectivity index (χ3n) is 4.66. The minimum atomic E-state index is 0.167. The molecule has 1 nitrogen and oxygen atoms in total. The van der Waals surface area contributed by atoms with Crippen molar-refractivity contribution in [2.24, 2.45) is 0 Å². The molecule has 0 aliphatic carbocycles. The van der Waals surface area contributed by atoms with E-state index in [0.29, 0.717) is 0 Å². The summed E-state index contributed by atoms with van der Waals surface area (Å²) in [6.45, 7) is 13.1. The molecule has 2 aromatic carbocycles. The summed E-state index contributed by atoms with van der Waals surface area (Å²) in [5.41, 5.74) is 10.5. The van der Waals surface area contributed by atoms with Crippen LogP contribution in [0.1, 0.15) is 50.4 Å². The Labute approximate surface area is 135 Å². The fourth-order valence-electron chi connectivity index (χ4n) is 3.87. The van der Waals surface area contributed by atoms with Gasteiger partial charge in [-0.2, -0.15) is 0 Å². The Hall–Kier alpha value is -1.60. The lowest BCUT2D eigenvalue weighted by Crippen LogP contribution is -2.13. The summed E-state index contributed by atoms with van der Waals surface area (Å²) >= 11 is 0. The molecule has 1 N–H and O–H groups in total. The average molecular weight is 296 g/mol. The number of hydrogen-bond acceptors (Lipinski definition) is 1. The second kappa shape index (κ2) is 6.66. The molecule has 1 unspecified atom stereocenters. The molecule has 1 atom stereocenters. The molecule has 0 saturated carbocycles. The molecule has 0 spiro atoms. The quantitative estimate of drug-likeness (QED) is 0.854. The lowest BCUT2D eigenvalue weighted by atomic mass is 9.83. The van der Waals surface area contributed by atoms with E-state index in [4.69, 9.17) is 0 Å². The number of aliphatic hydroxyl groups is 1. The van der Waals surface area contributed by atoms with Gasteiger partial charge in [0.2, 0.25) is 0 Å². The SMILES string of the molecule is Cc1cc(C)c(CC(CO)c2c(C)cc(C)cc2C)c(C)c1. The Kier molecular flexibility index (Phi) is 5.08. The van der Waals surface area contributed by atoms with Gasteiger partial charge in [-0.1, -0.05) is 35.4 Å². The highest BCUT2D eigenvalue weighted by molar-refractivity contribution is 5.43. The van der Waals surface area contributed by atoms with Crippen molar-refractivity contribution in [3.8, 4) is 0 Å². The monoisotopic (exact) mass is 296 g/mol. The van der Waals surface area contributed by atoms with E-state index in [9.17, 15) is 5.11 Å². The molecule has 0 aromatic heterocycles. The molecule has 0 aliphatic heterocycles. The third kappa shape index (κ3) is 3.41. The van der Waals surface area contributed by atoms with Gasteiger partial charge in [-0.05, 0) is 81.3 Å². The highest BCUT2D eigenvalue weighted by Gasteiger charge is 2.18. The number of rotatable bonds is 4. The largest absolute Gasteiger partial charge is 0.396 e. The molecular weight excluding hydrogens is 268 g/mol. The van der Waals surface area contributed by atoms with Crippen LogP contribution in [0.5, 0.6) is 0 Å². The van der Waals surface area contributed by atoms with Crippen LogP contribution in [0, 0.1) is 41.5 Å². The van der Waals surface area contributed by atoms with Crippen LogP contribution in [0.25, 0.3) is 0 Å². The van der Waals surface area contributed by atoms with Crippen molar-refractivity contribution in [1.82, 2.24) is 0 Å². The number of aliphatic hydroxyl groups excluding tert-OH is 1. The molecule has 22 heavy (non-hydrogen) atoms. The van der Waals surface area contributed by atoms with E-state index in [2.05, 4.69) is 65.8 Å². The summed E-state index contributed by atoms with van der Waals surface area (Å²) in [6.07, 6.45) is 0.902. The predicted molar refractivity (Wildman–Crippen MR) is 94.8 cm³/mol. The molecule has 0 bridgehead atoms. The number of aryl methyl sites for hydroxylation is 6. The number of benzene rings is 2. The summed E-state index contributed by atoms with van der Waals surface area (Å²) in [5, 5.41) is 10.00. The van der Waals surface area contributed by atoms with E-state index in [1.54, 1.807) is 0 Å². The van der Waals surface area contributed by atoms with Crippen molar-refractivity contribution in [3.63, 3.8) is 0 Å². The highest BCUT2D eigenvalue weighted by atomic mass is 16.3. The zero-order valence-electron chi connectivity index (χ0n) is 14.7. The Bertz CT molecular complexity index is 636. The first-order chi connectivity index (χ1) is 10.3. The summed E-state index contributed by atoms with van der Waals surface area (Å²) in [4.78, 5) is 0. The molecular formula is C21H28O. The standard InChI is InChI=1S/C21H28O/c1-13-7-15(3)20(16(4)8-13)11-19(12-22)21-17(5)9-14(2)10-18(21)6/h7-10,19,22H,11-12H2,1-6H3. The first kappa shape index (κ1) is 16.8. The van der Waals surface area contributed by atoms with E-state index < -0.39 is 0 Å². The van der Waals surface area contributed by atoms with E-state index in [1.807, 2.05) is 0 Å². The Morgan fingerprint density at radius 2 is 1.14 bits per heavy atom. The van der Waals surface area contributed by atoms with Crippen molar-refractivity contribution in [3.05, 3.63) is 68.8 Å². The highest BCUT2D eigenvalue weighted by Crippen LogP contribution is 2.30. The fraction of sp³-hybridized carbons (Fsp3) is 0.429. The summed E-state index contributed by atoms with van der Waals surface area (Å²) in [7, 11) is 0. The van der Waals surface area contributed by atoms with E-state index in [-0.39, 0.29) is 12.5 Å². The van der Waals surface area contributed by atoms with Crippen molar-refractivity contribution in [2.45, 2.75) is 53.9 Å². The molecule has 118 valence electrons. The summed E-state index contributed by atoms with van der Waals surface area (Å²) < 4.78 is 0. The molecule has 0 radical (unpaired) electrons. The lowest BCUT2D eigenvalue weighted by Gasteiger charge is -2.22. The molecule has 0 saturated heterocycles. The van der Waals surface area contributed by atoms with Gasteiger partial charge in [-0.3, -0.25) is 0 Å². The van der Waals surface area contributed by atoms with E-state index >= 15 is 0 Å². The molecule has 0 aliphatic rings. The summed E-state index contributed by atoms with van der Waals surface area (Å²) in [5.74, 6) is 0.167. The van der Waals surface area contributed by atoms with Crippen LogP contribution in [0.2, 0.25) is 0 Å². The van der Waals surface area contributed by atoms with Crippen molar-refractivity contribution in [1.29, 1.82) is 0 Å². The van der Waals surface area contributed by atoms with E-state index in [0.717, 1.165) is 6.42 Å². The average Bonchev–Trinajstić information content (AvgIpc) is 2.39.